The smallest absolute Gasteiger partial charge is 0.342 e. The van der Waals surface area contributed by atoms with Gasteiger partial charge in [0.2, 0.25) is 0 Å². The molecule has 0 spiro atoms. The summed E-state index contributed by atoms with van der Waals surface area (Å²) >= 11 is 1.53. The van der Waals surface area contributed by atoms with Crippen molar-refractivity contribution in [1.82, 2.24) is 5.32 Å². The molecule has 2 N–H and O–H groups in total. The van der Waals surface area contributed by atoms with Gasteiger partial charge in [-0.3, -0.25) is 4.79 Å². The molecule has 1 amide bonds. The fraction of sp³-hybridized carbons (Fsp3) is 0.143. The number of para-hydroxylation sites is 1. The number of amides is 1. The molecule has 3 aromatic rings. The standard InChI is InChI=1S/C21H19NO5S/c1-26-16-10-5-9-15(20(16)24)21(25)27-13-18(23)22-19(17-11-6-12-28-17)14-7-3-2-4-8-14/h2-12,19,24H,13H2,1H3,(H,22,23)/t19-/m0/s1. The van der Waals surface area contributed by atoms with E-state index in [9.17, 15) is 14.7 Å². The highest BCUT2D eigenvalue weighted by Crippen LogP contribution is 2.30. The molecule has 28 heavy (non-hydrogen) atoms. The first-order valence-corrected chi connectivity index (χ1v) is 9.39. The maximum atomic E-state index is 12.4. The van der Waals surface area contributed by atoms with Crippen LogP contribution < -0.4 is 10.1 Å². The highest BCUT2D eigenvalue weighted by atomic mass is 32.1. The summed E-state index contributed by atoms with van der Waals surface area (Å²) in [6.45, 7) is -0.468. The summed E-state index contributed by atoms with van der Waals surface area (Å²) in [5.74, 6) is -1.42. The van der Waals surface area contributed by atoms with Crippen molar-refractivity contribution in [3.8, 4) is 11.5 Å². The Kier molecular flexibility index (Phi) is 6.29. The molecule has 0 bridgehead atoms. The van der Waals surface area contributed by atoms with Crippen molar-refractivity contribution < 1.29 is 24.2 Å². The van der Waals surface area contributed by atoms with Crippen LogP contribution in [0.3, 0.4) is 0 Å². The van der Waals surface area contributed by atoms with Gasteiger partial charge >= 0.3 is 5.97 Å². The Morgan fingerprint density at radius 2 is 1.86 bits per heavy atom. The third-order valence-corrected chi connectivity index (χ3v) is 4.98. The van der Waals surface area contributed by atoms with E-state index in [0.29, 0.717) is 0 Å². The predicted molar refractivity (Wildman–Crippen MR) is 106 cm³/mol. The summed E-state index contributed by atoms with van der Waals surface area (Å²) < 4.78 is 10.0. The quantitative estimate of drug-likeness (QED) is 0.596. The monoisotopic (exact) mass is 397 g/mol. The Bertz CT molecular complexity index is 941. The van der Waals surface area contributed by atoms with Gasteiger partial charge in [-0.15, -0.1) is 11.3 Å². The lowest BCUT2D eigenvalue weighted by molar-refractivity contribution is -0.124. The third-order valence-electron chi connectivity index (χ3n) is 4.04. The van der Waals surface area contributed by atoms with E-state index in [1.54, 1.807) is 6.07 Å². The van der Waals surface area contributed by atoms with Crippen LogP contribution in [0.2, 0.25) is 0 Å². The first-order chi connectivity index (χ1) is 13.6. The van der Waals surface area contributed by atoms with Crippen LogP contribution in [0.5, 0.6) is 11.5 Å². The van der Waals surface area contributed by atoms with E-state index in [0.717, 1.165) is 10.4 Å². The molecule has 3 rings (SSSR count). The van der Waals surface area contributed by atoms with Crippen LogP contribution in [0.4, 0.5) is 0 Å². The van der Waals surface area contributed by atoms with Crippen molar-refractivity contribution in [2.24, 2.45) is 0 Å². The second kappa shape index (κ2) is 9.05. The minimum Gasteiger partial charge on any atom is -0.504 e. The number of carbonyl (C=O) groups is 2. The van der Waals surface area contributed by atoms with Gasteiger partial charge in [-0.1, -0.05) is 42.5 Å². The first-order valence-electron chi connectivity index (χ1n) is 8.51. The number of methoxy groups -OCH3 is 1. The molecular weight excluding hydrogens is 378 g/mol. The number of benzene rings is 2. The predicted octanol–water partition coefficient (Wildman–Crippen LogP) is 3.52. The van der Waals surface area contributed by atoms with E-state index >= 15 is 0 Å². The van der Waals surface area contributed by atoms with E-state index in [4.69, 9.17) is 9.47 Å². The van der Waals surface area contributed by atoms with Crippen LogP contribution in [0, 0.1) is 0 Å². The minimum atomic E-state index is -0.807. The Hall–Kier alpha value is -3.32. The molecule has 0 saturated carbocycles. The number of hydrogen-bond acceptors (Lipinski definition) is 6. The normalized spacial score (nSPS) is 11.5. The van der Waals surface area contributed by atoms with E-state index < -0.39 is 18.5 Å². The molecule has 2 aromatic carbocycles. The molecule has 144 valence electrons. The number of phenolic OH excluding ortho intramolecular Hbond substituents is 1. The Balaban J connectivity index is 1.66. The van der Waals surface area contributed by atoms with Crippen LogP contribution >= 0.6 is 11.3 Å². The van der Waals surface area contributed by atoms with Gasteiger partial charge in [0, 0.05) is 4.88 Å². The molecule has 1 heterocycles. The summed E-state index contributed by atoms with van der Waals surface area (Å²) in [4.78, 5) is 25.6. The van der Waals surface area contributed by atoms with Gasteiger partial charge in [-0.05, 0) is 29.1 Å². The number of nitrogens with one attached hydrogen (secondary N) is 1. The maximum Gasteiger partial charge on any atom is 0.342 e. The number of phenols is 1. The van der Waals surface area contributed by atoms with Gasteiger partial charge in [0.25, 0.3) is 5.91 Å². The maximum absolute atomic E-state index is 12.4. The lowest BCUT2D eigenvalue weighted by atomic mass is 10.1. The van der Waals surface area contributed by atoms with Gasteiger partial charge in [0.15, 0.2) is 18.1 Å². The zero-order chi connectivity index (χ0) is 19.9. The molecule has 0 aliphatic carbocycles. The van der Waals surface area contributed by atoms with Crippen molar-refractivity contribution in [2.75, 3.05) is 13.7 Å². The van der Waals surface area contributed by atoms with Crippen LogP contribution in [-0.2, 0) is 9.53 Å². The molecular formula is C21H19NO5S. The van der Waals surface area contributed by atoms with Crippen molar-refractivity contribution in [1.29, 1.82) is 0 Å². The van der Waals surface area contributed by atoms with Crippen molar-refractivity contribution in [3.63, 3.8) is 0 Å². The summed E-state index contributed by atoms with van der Waals surface area (Å²) in [7, 11) is 1.38. The number of carbonyl (C=O) groups excluding carboxylic acids is 2. The van der Waals surface area contributed by atoms with Gasteiger partial charge < -0.3 is 19.9 Å². The number of aromatic hydroxyl groups is 1. The first kappa shape index (κ1) is 19.4. The molecule has 0 aliphatic heterocycles. The van der Waals surface area contributed by atoms with Gasteiger partial charge in [-0.2, -0.15) is 0 Å². The van der Waals surface area contributed by atoms with E-state index in [1.807, 2.05) is 47.8 Å². The number of ether oxygens (including phenoxy) is 2. The molecule has 0 fully saturated rings. The molecule has 0 aliphatic rings. The molecule has 1 aromatic heterocycles. The zero-order valence-electron chi connectivity index (χ0n) is 15.1. The van der Waals surface area contributed by atoms with Crippen LogP contribution in [0.1, 0.15) is 26.8 Å². The van der Waals surface area contributed by atoms with Gasteiger partial charge in [-0.25, -0.2) is 4.79 Å². The zero-order valence-corrected chi connectivity index (χ0v) is 15.9. The van der Waals surface area contributed by atoms with E-state index in [1.165, 1.54) is 30.6 Å². The van der Waals surface area contributed by atoms with Gasteiger partial charge in [0.05, 0.1) is 13.2 Å². The molecule has 0 saturated heterocycles. The van der Waals surface area contributed by atoms with Gasteiger partial charge in [0.1, 0.15) is 5.56 Å². The van der Waals surface area contributed by atoms with Crippen molar-refractivity contribution in [2.45, 2.75) is 6.04 Å². The summed E-state index contributed by atoms with van der Waals surface area (Å²) in [6, 6.07) is 17.5. The molecule has 6 nitrogen and oxygen atoms in total. The second-order valence-corrected chi connectivity index (χ2v) is 6.84. The van der Waals surface area contributed by atoms with Crippen molar-refractivity contribution in [3.05, 3.63) is 82.0 Å². The number of rotatable bonds is 7. The highest BCUT2D eigenvalue weighted by Gasteiger charge is 2.20. The fourth-order valence-corrected chi connectivity index (χ4v) is 3.49. The Labute approximate surface area is 166 Å². The number of esters is 1. The minimum absolute atomic E-state index is 0.0648. The van der Waals surface area contributed by atoms with Crippen LogP contribution in [0.25, 0.3) is 0 Å². The average molecular weight is 397 g/mol. The molecule has 0 unspecified atom stereocenters. The van der Waals surface area contributed by atoms with E-state index in [-0.39, 0.29) is 23.1 Å². The van der Waals surface area contributed by atoms with Crippen LogP contribution in [-0.4, -0.2) is 30.7 Å². The third kappa shape index (κ3) is 4.50. The molecule has 1 atom stereocenters. The summed E-state index contributed by atoms with van der Waals surface area (Å²) in [5.41, 5.74) is 0.861. The molecule has 7 heteroatoms. The average Bonchev–Trinajstić information content (AvgIpc) is 3.25. The summed E-state index contributed by atoms with van der Waals surface area (Å²) in [6.07, 6.45) is 0. The Morgan fingerprint density at radius 1 is 1.07 bits per heavy atom. The van der Waals surface area contributed by atoms with Crippen LogP contribution in [0.15, 0.2) is 66.0 Å². The second-order valence-electron chi connectivity index (χ2n) is 5.86. The van der Waals surface area contributed by atoms with Crippen molar-refractivity contribution >= 4 is 23.2 Å². The number of thiophene rings is 1. The summed E-state index contributed by atoms with van der Waals surface area (Å²) in [5, 5.41) is 14.8. The SMILES string of the molecule is COc1cccc(C(=O)OCC(=O)N[C@@H](c2ccccc2)c2cccs2)c1O. The van der Waals surface area contributed by atoms with E-state index in [2.05, 4.69) is 5.32 Å². The molecule has 0 radical (unpaired) electrons. The lowest BCUT2D eigenvalue weighted by Crippen LogP contribution is -2.32. The fourth-order valence-electron chi connectivity index (χ4n) is 2.68. The largest absolute Gasteiger partial charge is 0.504 e. The number of hydrogen-bond donors (Lipinski definition) is 2. The topological polar surface area (TPSA) is 84.9 Å². The lowest BCUT2D eigenvalue weighted by Gasteiger charge is -2.18. The Morgan fingerprint density at radius 3 is 2.54 bits per heavy atom. The highest BCUT2D eigenvalue weighted by molar-refractivity contribution is 7.10.